The van der Waals surface area contributed by atoms with Crippen molar-refractivity contribution in [2.75, 3.05) is 12.1 Å². The molecule has 1 aliphatic heterocycles. The molecule has 3 aromatic carbocycles. The van der Waals surface area contributed by atoms with Gasteiger partial charge in [-0.15, -0.1) is 30.6 Å². The molecule has 5 aromatic rings. The molecule has 0 bridgehead atoms. The Morgan fingerprint density at radius 2 is 1.53 bits per heavy atom. The van der Waals surface area contributed by atoms with Crippen molar-refractivity contribution >= 4 is 0 Å². The van der Waals surface area contributed by atoms with E-state index < -0.39 is 5.41 Å². The van der Waals surface area contributed by atoms with Crippen molar-refractivity contribution in [3.8, 4) is 22.6 Å². The van der Waals surface area contributed by atoms with Gasteiger partial charge in [-0.05, 0) is 53.8 Å². The van der Waals surface area contributed by atoms with Gasteiger partial charge in [-0.2, -0.15) is 18.2 Å². The molecule has 0 saturated heterocycles. The molecule has 190 valence electrons. The van der Waals surface area contributed by atoms with Crippen LogP contribution in [0.3, 0.4) is 0 Å². The molecule has 1 aliphatic carbocycles. The Kier molecular flexibility index (Phi) is 6.17. The molecular formula is C32H23N4OPt-3. The molecule has 5 nitrogen and oxygen atoms in total. The van der Waals surface area contributed by atoms with Gasteiger partial charge < -0.3 is 19.3 Å². The number of fused-ring (bicyclic) bond motifs is 3. The van der Waals surface area contributed by atoms with Gasteiger partial charge in [-0.3, -0.25) is 4.98 Å². The maximum Gasteiger partial charge on any atom is 0.0663 e. The van der Waals surface area contributed by atoms with Crippen LogP contribution < -0.4 is 9.75 Å². The molecule has 0 saturated carbocycles. The van der Waals surface area contributed by atoms with Gasteiger partial charge in [0, 0.05) is 45.0 Å². The van der Waals surface area contributed by atoms with E-state index in [-0.39, 0.29) is 21.1 Å². The van der Waals surface area contributed by atoms with E-state index in [9.17, 15) is 0 Å². The van der Waals surface area contributed by atoms with Crippen LogP contribution in [-0.4, -0.2) is 21.6 Å². The quantitative estimate of drug-likeness (QED) is 0.207. The van der Waals surface area contributed by atoms with Crippen LogP contribution in [-0.2, 0) is 26.5 Å². The van der Waals surface area contributed by atoms with Gasteiger partial charge in [-0.25, -0.2) is 0 Å². The van der Waals surface area contributed by atoms with Crippen LogP contribution in [0.15, 0.2) is 116 Å². The number of hydrogen-bond donors (Lipinski definition) is 0. The molecule has 0 N–H and O–H groups in total. The minimum absolute atomic E-state index is 0. The second-order valence-electron chi connectivity index (χ2n) is 9.18. The van der Waals surface area contributed by atoms with E-state index >= 15 is 0 Å². The molecule has 2 aromatic heterocycles. The van der Waals surface area contributed by atoms with E-state index in [1.165, 1.54) is 22.3 Å². The summed E-state index contributed by atoms with van der Waals surface area (Å²) in [7, 11) is 1.98. The molecule has 0 spiro atoms. The van der Waals surface area contributed by atoms with Crippen molar-refractivity contribution in [3.63, 3.8) is 0 Å². The Balaban J connectivity index is 0.00000264. The number of hydrogen-bond acceptors (Lipinski definition) is 4. The number of pyridine rings is 1. The van der Waals surface area contributed by atoms with E-state index in [2.05, 4.69) is 72.9 Å². The van der Waals surface area contributed by atoms with Crippen LogP contribution >= 0.6 is 0 Å². The van der Waals surface area contributed by atoms with Gasteiger partial charge >= 0.3 is 0 Å². The first kappa shape index (κ1) is 24.3. The molecule has 3 heterocycles. The normalized spacial score (nSPS) is 14.7. The van der Waals surface area contributed by atoms with Gasteiger partial charge in [0.1, 0.15) is 0 Å². The van der Waals surface area contributed by atoms with Crippen LogP contribution in [0.2, 0.25) is 0 Å². The Labute approximate surface area is 236 Å². The molecular weight excluding hydrogens is 651 g/mol. The van der Waals surface area contributed by atoms with Crippen molar-refractivity contribution in [1.29, 1.82) is 0 Å². The third kappa shape index (κ3) is 3.77. The van der Waals surface area contributed by atoms with E-state index in [0.29, 0.717) is 11.5 Å². The molecule has 0 amide bonds. The summed E-state index contributed by atoms with van der Waals surface area (Å²) < 4.78 is 8.12. The van der Waals surface area contributed by atoms with Crippen molar-refractivity contribution in [2.45, 2.75) is 5.41 Å². The minimum atomic E-state index is -0.608. The SMILES string of the molecule is CN1C=CN(n2[c-]c(Oc3[c-]c(C4(c5ccccn5)c5ccccc5-c5ccccc54)ccc3)cc2)[CH-]1.[Pt]. The van der Waals surface area contributed by atoms with E-state index in [0.717, 1.165) is 11.3 Å². The summed E-state index contributed by atoms with van der Waals surface area (Å²) in [6.07, 6.45) is 11.0. The van der Waals surface area contributed by atoms with Crippen LogP contribution in [0, 0.1) is 18.9 Å². The smallest absolute Gasteiger partial charge is 0.0663 e. The first-order valence-electron chi connectivity index (χ1n) is 12.2. The fourth-order valence-corrected chi connectivity index (χ4v) is 5.45. The Hall–Kier alpha value is -4.08. The number of benzene rings is 3. The third-order valence-corrected chi connectivity index (χ3v) is 6.99. The molecule has 0 atom stereocenters. The zero-order chi connectivity index (χ0) is 24.8. The van der Waals surface area contributed by atoms with Crippen LogP contribution in [0.5, 0.6) is 11.5 Å². The van der Waals surface area contributed by atoms with Gasteiger partial charge in [0.25, 0.3) is 0 Å². The Morgan fingerprint density at radius 3 is 2.21 bits per heavy atom. The largest absolute Gasteiger partial charge is 0.509 e. The summed E-state index contributed by atoms with van der Waals surface area (Å²) in [4.78, 5) is 6.86. The minimum Gasteiger partial charge on any atom is -0.509 e. The molecule has 2 aliphatic rings. The summed E-state index contributed by atoms with van der Waals surface area (Å²) in [6.45, 7) is 1.96. The first-order chi connectivity index (χ1) is 18.2. The standard InChI is InChI=1S/C32H23N4O.Pt/c1-34-19-20-36(23-34)35-18-16-26(22-35)37-25-10-8-9-24(21-25)32(31-15-6-7-17-33-31)29-13-4-2-11-27(29)28-12-3-5-14-30(28)32;/h2-20,23H,1H3;/q-3;. The average Bonchev–Trinajstić information content (AvgIpc) is 3.66. The molecule has 0 unspecified atom stereocenters. The monoisotopic (exact) mass is 674 g/mol. The number of nitrogens with zero attached hydrogens (tertiary/aromatic N) is 4. The van der Waals surface area contributed by atoms with Crippen molar-refractivity contribution in [3.05, 3.63) is 157 Å². The molecule has 0 radical (unpaired) electrons. The van der Waals surface area contributed by atoms with Crippen molar-refractivity contribution < 1.29 is 25.8 Å². The third-order valence-electron chi connectivity index (χ3n) is 6.99. The predicted octanol–water partition coefficient (Wildman–Crippen LogP) is 6.11. The maximum absolute atomic E-state index is 6.27. The van der Waals surface area contributed by atoms with Crippen LogP contribution in [0.1, 0.15) is 22.4 Å². The molecule has 38 heavy (non-hydrogen) atoms. The van der Waals surface area contributed by atoms with Gasteiger partial charge in [0.05, 0.1) is 11.1 Å². The first-order valence-corrected chi connectivity index (χ1v) is 12.2. The van der Waals surface area contributed by atoms with Gasteiger partial charge in [0.15, 0.2) is 0 Å². The average molecular weight is 675 g/mol. The molecule has 0 fully saturated rings. The number of ether oxygens (including phenoxy) is 1. The van der Waals surface area contributed by atoms with Crippen molar-refractivity contribution in [1.82, 2.24) is 14.6 Å². The summed E-state index contributed by atoms with van der Waals surface area (Å²) in [6, 6.07) is 34.9. The van der Waals surface area contributed by atoms with E-state index in [1.807, 2.05) is 83.4 Å². The number of rotatable bonds is 5. The summed E-state index contributed by atoms with van der Waals surface area (Å²) in [5.41, 5.74) is 6.16. The van der Waals surface area contributed by atoms with Crippen LogP contribution in [0.25, 0.3) is 11.1 Å². The summed E-state index contributed by atoms with van der Waals surface area (Å²) in [5, 5.41) is 1.93. The van der Waals surface area contributed by atoms with E-state index in [4.69, 9.17) is 9.72 Å². The predicted molar refractivity (Wildman–Crippen MR) is 143 cm³/mol. The maximum atomic E-state index is 6.27. The fourth-order valence-electron chi connectivity index (χ4n) is 5.45. The van der Waals surface area contributed by atoms with E-state index in [1.54, 1.807) is 0 Å². The summed E-state index contributed by atoms with van der Waals surface area (Å²) >= 11 is 0. The molecule has 6 heteroatoms. The van der Waals surface area contributed by atoms with Crippen molar-refractivity contribution in [2.24, 2.45) is 0 Å². The zero-order valence-corrected chi connectivity index (χ0v) is 22.8. The Morgan fingerprint density at radius 1 is 0.789 bits per heavy atom. The second kappa shape index (κ2) is 9.66. The summed E-state index contributed by atoms with van der Waals surface area (Å²) in [5.74, 6) is 1.24. The molecule has 7 rings (SSSR count). The van der Waals surface area contributed by atoms with Gasteiger partial charge in [0.2, 0.25) is 0 Å². The number of aromatic nitrogens is 2. The Bertz CT molecular complexity index is 1580. The second-order valence-corrected chi connectivity index (χ2v) is 9.18. The van der Waals surface area contributed by atoms with Crippen LogP contribution in [0.4, 0.5) is 0 Å². The topological polar surface area (TPSA) is 33.5 Å². The fraction of sp³-hybridized carbons (Fsp3) is 0.0625. The zero-order valence-electron chi connectivity index (χ0n) is 20.6. The van der Waals surface area contributed by atoms with Gasteiger partial charge in [-0.1, -0.05) is 54.6 Å².